The summed E-state index contributed by atoms with van der Waals surface area (Å²) in [7, 11) is 0. The van der Waals surface area contributed by atoms with Gasteiger partial charge in [-0.15, -0.1) is 6.58 Å². The van der Waals surface area contributed by atoms with E-state index >= 15 is 0 Å². The van der Waals surface area contributed by atoms with Crippen LogP contribution in [-0.2, 0) is 9.59 Å². The Labute approximate surface area is 95.6 Å². The largest absolute Gasteiger partial charge is 0.478 e. The van der Waals surface area contributed by atoms with Crippen molar-refractivity contribution in [2.45, 2.75) is 27.2 Å². The quantitative estimate of drug-likeness (QED) is 0.570. The van der Waals surface area contributed by atoms with Crippen molar-refractivity contribution in [2.75, 3.05) is 0 Å². The van der Waals surface area contributed by atoms with Gasteiger partial charge in [-0.05, 0) is 27.2 Å². The molecule has 90 valence electrons. The van der Waals surface area contributed by atoms with E-state index in [0.29, 0.717) is 17.6 Å². The summed E-state index contributed by atoms with van der Waals surface area (Å²) in [6.07, 6.45) is 5.46. The van der Waals surface area contributed by atoms with Gasteiger partial charge in [0.25, 0.3) is 0 Å². The number of hydrogen-bond acceptors (Lipinski definition) is 2. The van der Waals surface area contributed by atoms with Crippen molar-refractivity contribution in [1.29, 1.82) is 0 Å². The van der Waals surface area contributed by atoms with Gasteiger partial charge < -0.3 is 10.2 Å². The lowest BCUT2D eigenvalue weighted by Crippen LogP contribution is -1.94. The molecule has 0 amide bonds. The van der Waals surface area contributed by atoms with E-state index in [0.717, 1.165) is 0 Å². The van der Waals surface area contributed by atoms with Crippen molar-refractivity contribution in [3.8, 4) is 0 Å². The average Bonchev–Trinajstić information content (AvgIpc) is 2.25. The van der Waals surface area contributed by atoms with Crippen LogP contribution in [0.1, 0.15) is 27.2 Å². The highest BCUT2D eigenvalue weighted by Gasteiger charge is 1.95. The molecule has 0 spiro atoms. The van der Waals surface area contributed by atoms with Crippen LogP contribution in [-0.4, -0.2) is 22.2 Å². The Morgan fingerprint density at radius 2 is 1.56 bits per heavy atom. The minimum absolute atomic E-state index is 0.370. The average molecular weight is 226 g/mol. The van der Waals surface area contributed by atoms with Gasteiger partial charge in [0.2, 0.25) is 0 Å². The maximum atomic E-state index is 10.1. The minimum Gasteiger partial charge on any atom is -0.478 e. The number of allylic oxidation sites excluding steroid dienone is 3. The number of aliphatic carboxylic acids is 2. The van der Waals surface area contributed by atoms with E-state index in [1.807, 2.05) is 0 Å². The minimum atomic E-state index is -0.864. The van der Waals surface area contributed by atoms with Gasteiger partial charge in [0, 0.05) is 11.1 Å². The fourth-order valence-corrected chi connectivity index (χ4v) is 0.471. The van der Waals surface area contributed by atoms with E-state index in [1.54, 1.807) is 39.0 Å². The first kappa shape index (κ1) is 16.6. The normalized spacial score (nSPS) is 11.2. The third-order valence-electron chi connectivity index (χ3n) is 1.70. The maximum absolute atomic E-state index is 10.1. The molecule has 0 aromatic rings. The summed E-state index contributed by atoms with van der Waals surface area (Å²) in [6.45, 7) is 8.27. The highest BCUT2D eigenvalue weighted by molar-refractivity contribution is 5.86. The highest BCUT2D eigenvalue weighted by Crippen LogP contribution is 1.94. The molecule has 0 unspecified atom stereocenters. The molecular formula is C12H18O4. The zero-order valence-corrected chi connectivity index (χ0v) is 9.86. The molecular weight excluding hydrogens is 208 g/mol. The summed E-state index contributed by atoms with van der Waals surface area (Å²) in [5.74, 6) is -1.71. The smallest absolute Gasteiger partial charge is 0.330 e. The molecule has 0 heterocycles. The molecule has 0 aromatic carbocycles. The van der Waals surface area contributed by atoms with Crippen LogP contribution in [0.15, 0.2) is 36.0 Å². The van der Waals surface area contributed by atoms with Gasteiger partial charge >= 0.3 is 11.9 Å². The van der Waals surface area contributed by atoms with Crippen LogP contribution in [0.5, 0.6) is 0 Å². The highest BCUT2D eigenvalue weighted by atomic mass is 16.4. The second kappa shape index (κ2) is 9.71. The zero-order chi connectivity index (χ0) is 13.1. The SMILES string of the molecule is C/C=C(\C)C(=O)O.C=CC/C=C(\C)C(=O)O. The Kier molecular flexibility index (Phi) is 10.1. The van der Waals surface area contributed by atoms with Crippen molar-refractivity contribution < 1.29 is 19.8 Å². The molecule has 0 atom stereocenters. The van der Waals surface area contributed by atoms with Gasteiger partial charge in [0.1, 0.15) is 0 Å². The lowest BCUT2D eigenvalue weighted by molar-refractivity contribution is -0.133. The molecule has 0 rings (SSSR count). The molecule has 16 heavy (non-hydrogen) atoms. The summed E-state index contributed by atoms with van der Waals surface area (Å²) in [5, 5.41) is 16.4. The molecule has 0 fully saturated rings. The second-order valence-electron chi connectivity index (χ2n) is 2.99. The van der Waals surface area contributed by atoms with Gasteiger partial charge in [-0.3, -0.25) is 0 Å². The lowest BCUT2D eigenvalue weighted by atomic mass is 10.2. The van der Waals surface area contributed by atoms with Crippen LogP contribution in [0.3, 0.4) is 0 Å². The van der Waals surface area contributed by atoms with E-state index in [-0.39, 0.29) is 0 Å². The summed E-state index contributed by atoms with van der Waals surface area (Å²) in [6, 6.07) is 0. The van der Waals surface area contributed by atoms with Gasteiger partial charge in [0.05, 0.1) is 0 Å². The van der Waals surface area contributed by atoms with Crippen LogP contribution in [0.4, 0.5) is 0 Å². The molecule has 4 heteroatoms. The predicted molar refractivity (Wildman–Crippen MR) is 63.3 cm³/mol. The Hall–Kier alpha value is -1.84. The summed E-state index contributed by atoms with van der Waals surface area (Å²) in [5.41, 5.74) is 0.759. The molecule has 0 radical (unpaired) electrons. The topological polar surface area (TPSA) is 74.6 Å². The van der Waals surface area contributed by atoms with Gasteiger partial charge in [-0.25, -0.2) is 9.59 Å². The van der Waals surface area contributed by atoms with Gasteiger partial charge in [-0.1, -0.05) is 18.2 Å². The number of hydrogen-bond donors (Lipinski definition) is 2. The van der Waals surface area contributed by atoms with E-state index in [4.69, 9.17) is 10.2 Å². The Morgan fingerprint density at radius 1 is 1.12 bits per heavy atom. The van der Waals surface area contributed by atoms with Crippen LogP contribution < -0.4 is 0 Å². The Bertz CT molecular complexity index is 311. The lowest BCUT2D eigenvalue weighted by Gasteiger charge is -1.87. The van der Waals surface area contributed by atoms with Crippen molar-refractivity contribution in [2.24, 2.45) is 0 Å². The first-order valence-corrected chi connectivity index (χ1v) is 4.73. The first-order chi connectivity index (χ1) is 7.36. The third-order valence-corrected chi connectivity index (χ3v) is 1.70. The van der Waals surface area contributed by atoms with Crippen molar-refractivity contribution >= 4 is 11.9 Å². The van der Waals surface area contributed by atoms with Crippen molar-refractivity contribution in [3.05, 3.63) is 36.0 Å². The molecule has 2 N–H and O–H groups in total. The van der Waals surface area contributed by atoms with Crippen LogP contribution in [0, 0.1) is 0 Å². The molecule has 0 bridgehead atoms. The van der Waals surface area contributed by atoms with Gasteiger partial charge in [-0.2, -0.15) is 0 Å². The van der Waals surface area contributed by atoms with Crippen molar-refractivity contribution in [1.82, 2.24) is 0 Å². The summed E-state index contributed by atoms with van der Waals surface area (Å²) < 4.78 is 0. The van der Waals surface area contributed by atoms with E-state index in [2.05, 4.69) is 6.58 Å². The fraction of sp³-hybridized carbons (Fsp3) is 0.333. The molecule has 0 aliphatic heterocycles. The van der Waals surface area contributed by atoms with E-state index in [9.17, 15) is 9.59 Å². The molecule has 4 nitrogen and oxygen atoms in total. The van der Waals surface area contributed by atoms with E-state index < -0.39 is 11.9 Å². The van der Waals surface area contributed by atoms with E-state index in [1.165, 1.54) is 0 Å². The first-order valence-electron chi connectivity index (χ1n) is 4.73. The Balaban J connectivity index is 0. The fourth-order valence-electron chi connectivity index (χ4n) is 0.471. The molecule has 0 saturated heterocycles. The zero-order valence-electron chi connectivity index (χ0n) is 9.86. The Morgan fingerprint density at radius 3 is 1.75 bits per heavy atom. The van der Waals surface area contributed by atoms with Crippen LogP contribution in [0.25, 0.3) is 0 Å². The molecule has 0 aromatic heterocycles. The van der Waals surface area contributed by atoms with Crippen LogP contribution in [0.2, 0.25) is 0 Å². The molecule has 0 aliphatic carbocycles. The molecule has 0 aliphatic rings. The number of carbonyl (C=O) groups is 2. The number of carboxylic acids is 2. The number of carboxylic acid groups (broad SMARTS) is 2. The monoisotopic (exact) mass is 226 g/mol. The second-order valence-corrected chi connectivity index (χ2v) is 2.99. The third kappa shape index (κ3) is 10.2. The summed E-state index contributed by atoms with van der Waals surface area (Å²) >= 11 is 0. The summed E-state index contributed by atoms with van der Waals surface area (Å²) in [4.78, 5) is 20.0. The maximum Gasteiger partial charge on any atom is 0.330 e. The van der Waals surface area contributed by atoms with Crippen molar-refractivity contribution in [3.63, 3.8) is 0 Å². The molecule has 0 saturated carbocycles. The van der Waals surface area contributed by atoms with Gasteiger partial charge in [0.15, 0.2) is 0 Å². The predicted octanol–water partition coefficient (Wildman–Crippen LogP) is 2.63. The number of rotatable bonds is 4. The van der Waals surface area contributed by atoms with Crippen LogP contribution >= 0.6 is 0 Å². The standard InChI is InChI=1S/C7H10O2.C5H8O2/c1-3-4-5-6(2)7(8)9;1-3-4(2)5(6)7/h3,5H,1,4H2,2H3,(H,8,9);3H,1-2H3,(H,6,7)/b6-5+;4-3+.